The van der Waals surface area contributed by atoms with Crippen molar-refractivity contribution in [3.63, 3.8) is 0 Å². The number of hydrogen-bond acceptors (Lipinski definition) is 5. The third kappa shape index (κ3) is 3.77. The number of fused-ring (bicyclic) bond motifs is 1. The van der Waals surface area contributed by atoms with Crippen molar-refractivity contribution in [1.29, 1.82) is 0 Å². The maximum Gasteiger partial charge on any atom is 0.251 e. The fourth-order valence-corrected chi connectivity index (χ4v) is 4.55. The Balaban J connectivity index is 1.23. The number of hydrogen-bond donors (Lipinski definition) is 2. The van der Waals surface area contributed by atoms with Crippen molar-refractivity contribution in [2.24, 2.45) is 0 Å². The van der Waals surface area contributed by atoms with Crippen molar-refractivity contribution in [2.45, 2.75) is 50.5 Å². The van der Waals surface area contributed by atoms with Crippen molar-refractivity contribution in [2.75, 3.05) is 25.5 Å². The van der Waals surface area contributed by atoms with Gasteiger partial charge in [0, 0.05) is 61.5 Å². The number of piperidine rings is 1. The molecule has 2 aromatic carbocycles. The van der Waals surface area contributed by atoms with Crippen LogP contribution in [-0.4, -0.2) is 42.8 Å². The Hall–Kier alpha value is -2.57. The van der Waals surface area contributed by atoms with Crippen LogP contribution in [0.3, 0.4) is 0 Å². The molecule has 3 aliphatic rings. The van der Waals surface area contributed by atoms with Crippen LogP contribution in [0, 0.1) is 0 Å². The minimum Gasteiger partial charge on any atom is -0.462 e. The minimum atomic E-state index is -0.460. The lowest BCUT2D eigenvalue weighted by Gasteiger charge is -2.47. The lowest BCUT2D eigenvalue weighted by atomic mass is 9.89. The van der Waals surface area contributed by atoms with Crippen molar-refractivity contribution in [1.82, 2.24) is 10.2 Å². The van der Waals surface area contributed by atoms with Gasteiger partial charge >= 0.3 is 0 Å². The predicted octanol–water partition coefficient (Wildman–Crippen LogP) is 4.04. The number of rotatable bonds is 4. The standard InChI is InChI=1S/C24H29N3O3/c1-25-23(28)17-5-7-19(8-6-17)26-20-9-10-22-18(15-20)16-29-24(30-22)11-13-27(14-12-24)21-3-2-4-21/h5-10,15,21,26H,2-4,11-14,16H2,1H3,(H,25,28). The van der Waals surface area contributed by atoms with Gasteiger partial charge in [0.05, 0.1) is 6.61 Å². The number of likely N-dealkylation sites (tertiary alicyclic amines) is 1. The number of anilines is 2. The number of nitrogens with one attached hydrogen (secondary N) is 2. The van der Waals surface area contributed by atoms with Gasteiger partial charge in [-0.25, -0.2) is 0 Å². The third-order valence-electron chi connectivity index (χ3n) is 6.66. The maximum absolute atomic E-state index is 11.7. The molecule has 1 spiro atoms. The van der Waals surface area contributed by atoms with Gasteiger partial charge in [0.25, 0.3) is 5.91 Å². The average Bonchev–Trinajstić information content (AvgIpc) is 2.74. The highest BCUT2D eigenvalue weighted by atomic mass is 16.7. The highest BCUT2D eigenvalue weighted by Crippen LogP contribution is 2.40. The lowest BCUT2D eigenvalue weighted by molar-refractivity contribution is -0.231. The lowest BCUT2D eigenvalue weighted by Crippen LogP contribution is -2.54. The molecule has 6 heteroatoms. The molecule has 0 atom stereocenters. The first-order valence-corrected chi connectivity index (χ1v) is 10.9. The van der Waals surface area contributed by atoms with Crippen molar-refractivity contribution in [3.05, 3.63) is 53.6 Å². The van der Waals surface area contributed by atoms with Gasteiger partial charge in [-0.1, -0.05) is 6.42 Å². The average molecular weight is 408 g/mol. The van der Waals surface area contributed by atoms with Gasteiger partial charge in [-0.2, -0.15) is 0 Å². The van der Waals surface area contributed by atoms with Gasteiger partial charge in [0.15, 0.2) is 0 Å². The Morgan fingerprint density at radius 3 is 2.47 bits per heavy atom. The second kappa shape index (κ2) is 7.93. The Kier molecular flexibility index (Phi) is 5.13. The first-order valence-electron chi connectivity index (χ1n) is 10.9. The molecule has 0 radical (unpaired) electrons. The number of carbonyl (C=O) groups excluding carboxylic acids is 1. The van der Waals surface area contributed by atoms with Crippen LogP contribution in [-0.2, 0) is 11.3 Å². The molecule has 5 rings (SSSR count). The molecule has 0 unspecified atom stereocenters. The van der Waals surface area contributed by atoms with E-state index in [1.165, 1.54) is 19.3 Å². The molecule has 1 saturated carbocycles. The number of benzene rings is 2. The Labute approximate surface area is 177 Å². The first kappa shape index (κ1) is 19.4. The molecule has 158 valence electrons. The summed E-state index contributed by atoms with van der Waals surface area (Å²) >= 11 is 0. The van der Waals surface area contributed by atoms with Gasteiger partial charge in [-0.05, 0) is 55.3 Å². The van der Waals surface area contributed by atoms with Gasteiger partial charge in [0.2, 0.25) is 5.79 Å². The summed E-state index contributed by atoms with van der Waals surface area (Å²) < 4.78 is 12.6. The fraction of sp³-hybridized carbons (Fsp3) is 0.458. The predicted molar refractivity (Wildman–Crippen MR) is 116 cm³/mol. The van der Waals surface area contributed by atoms with Crippen LogP contribution in [0.5, 0.6) is 5.75 Å². The molecular weight excluding hydrogens is 378 g/mol. The monoisotopic (exact) mass is 407 g/mol. The smallest absolute Gasteiger partial charge is 0.251 e. The quantitative estimate of drug-likeness (QED) is 0.801. The van der Waals surface area contributed by atoms with Crippen molar-refractivity contribution >= 4 is 17.3 Å². The molecule has 2 aromatic rings. The fourth-order valence-electron chi connectivity index (χ4n) is 4.55. The van der Waals surface area contributed by atoms with E-state index in [1.54, 1.807) is 7.05 Å². The molecule has 2 aliphatic heterocycles. The van der Waals surface area contributed by atoms with Gasteiger partial charge in [0.1, 0.15) is 5.75 Å². The Morgan fingerprint density at radius 1 is 1.07 bits per heavy atom. The second-order valence-corrected chi connectivity index (χ2v) is 8.53. The summed E-state index contributed by atoms with van der Waals surface area (Å²) in [6.07, 6.45) is 5.94. The van der Waals surface area contributed by atoms with Crippen molar-refractivity contribution < 1.29 is 14.3 Å². The highest BCUT2D eigenvalue weighted by Gasteiger charge is 2.42. The summed E-state index contributed by atoms with van der Waals surface area (Å²) in [4.78, 5) is 14.3. The number of nitrogens with zero attached hydrogens (tertiary/aromatic N) is 1. The van der Waals surface area contributed by atoms with Gasteiger partial charge < -0.3 is 20.1 Å². The van der Waals surface area contributed by atoms with E-state index in [9.17, 15) is 4.79 Å². The van der Waals surface area contributed by atoms with Crippen LogP contribution < -0.4 is 15.4 Å². The van der Waals surface area contributed by atoms with Gasteiger partial charge in [-0.3, -0.25) is 9.69 Å². The molecule has 2 N–H and O–H groups in total. The van der Waals surface area contributed by atoms with E-state index in [-0.39, 0.29) is 5.91 Å². The molecular formula is C24H29N3O3. The first-order chi connectivity index (χ1) is 14.6. The number of carbonyl (C=O) groups is 1. The Morgan fingerprint density at radius 2 is 1.80 bits per heavy atom. The normalized spacial score (nSPS) is 20.7. The SMILES string of the molecule is CNC(=O)c1ccc(Nc2ccc3c(c2)COC2(CCN(C4CCC4)CC2)O3)cc1. The zero-order valence-corrected chi connectivity index (χ0v) is 17.4. The zero-order chi connectivity index (χ0) is 20.6. The van der Waals surface area contributed by atoms with Crippen LogP contribution >= 0.6 is 0 Å². The van der Waals surface area contributed by atoms with Crippen LogP contribution in [0.1, 0.15) is 48.0 Å². The van der Waals surface area contributed by atoms with Crippen LogP contribution in [0.2, 0.25) is 0 Å². The molecule has 1 saturated heterocycles. The summed E-state index contributed by atoms with van der Waals surface area (Å²) in [7, 11) is 1.63. The summed E-state index contributed by atoms with van der Waals surface area (Å²) in [6, 6.07) is 14.4. The van der Waals surface area contributed by atoms with E-state index in [0.717, 1.165) is 54.7 Å². The minimum absolute atomic E-state index is 0.0860. The van der Waals surface area contributed by atoms with E-state index >= 15 is 0 Å². The molecule has 0 aromatic heterocycles. The van der Waals surface area contributed by atoms with E-state index in [2.05, 4.69) is 21.6 Å². The van der Waals surface area contributed by atoms with Crippen LogP contribution in [0.15, 0.2) is 42.5 Å². The molecule has 30 heavy (non-hydrogen) atoms. The molecule has 1 amide bonds. The maximum atomic E-state index is 11.7. The summed E-state index contributed by atoms with van der Waals surface area (Å²) in [6.45, 7) is 2.70. The zero-order valence-electron chi connectivity index (χ0n) is 17.4. The Bertz CT molecular complexity index is 916. The molecule has 1 aliphatic carbocycles. The molecule has 2 fully saturated rings. The third-order valence-corrected chi connectivity index (χ3v) is 6.66. The highest BCUT2D eigenvalue weighted by molar-refractivity contribution is 5.94. The van der Waals surface area contributed by atoms with Crippen LogP contribution in [0.25, 0.3) is 0 Å². The van der Waals surface area contributed by atoms with Gasteiger partial charge in [-0.15, -0.1) is 0 Å². The molecule has 0 bridgehead atoms. The van der Waals surface area contributed by atoms with Crippen molar-refractivity contribution in [3.8, 4) is 5.75 Å². The number of ether oxygens (including phenoxy) is 2. The van der Waals surface area contributed by atoms with E-state index in [0.29, 0.717) is 12.2 Å². The summed E-state index contributed by atoms with van der Waals surface area (Å²) in [5, 5.41) is 6.02. The van der Waals surface area contributed by atoms with Crippen LogP contribution in [0.4, 0.5) is 11.4 Å². The van der Waals surface area contributed by atoms with E-state index < -0.39 is 5.79 Å². The number of amides is 1. The van der Waals surface area contributed by atoms with E-state index in [1.807, 2.05) is 36.4 Å². The van der Waals surface area contributed by atoms with E-state index in [4.69, 9.17) is 9.47 Å². The summed E-state index contributed by atoms with van der Waals surface area (Å²) in [5.41, 5.74) is 3.61. The molecule has 2 heterocycles. The molecule has 6 nitrogen and oxygen atoms in total. The topological polar surface area (TPSA) is 62.8 Å². The second-order valence-electron chi connectivity index (χ2n) is 8.53. The summed E-state index contributed by atoms with van der Waals surface area (Å²) in [5.74, 6) is 0.383. The largest absolute Gasteiger partial charge is 0.462 e.